The van der Waals surface area contributed by atoms with Gasteiger partial charge in [0.05, 0.1) is 17.1 Å². The number of rotatable bonds is 2. The van der Waals surface area contributed by atoms with Gasteiger partial charge in [-0.05, 0) is 41.4 Å². The lowest BCUT2D eigenvalue weighted by molar-refractivity contribution is 0.344. The minimum absolute atomic E-state index is 0.112. The molecule has 1 saturated heterocycles. The van der Waals surface area contributed by atoms with Crippen molar-refractivity contribution in [2.75, 3.05) is 13.7 Å². The number of hydrogen-bond donors (Lipinski definition) is 2. The highest BCUT2D eigenvalue weighted by Gasteiger charge is 2.25. The minimum Gasteiger partial charge on any atom is -0.504 e. The molecule has 17 heavy (non-hydrogen) atoms. The quantitative estimate of drug-likeness (QED) is 0.882. The van der Waals surface area contributed by atoms with Crippen LogP contribution in [0.15, 0.2) is 10.5 Å². The Balaban J connectivity index is 2.44. The number of nitrogens with one attached hydrogen (secondary N) is 1. The van der Waals surface area contributed by atoms with Crippen molar-refractivity contribution in [3.63, 3.8) is 0 Å². The zero-order valence-corrected chi connectivity index (χ0v) is 11.2. The molecule has 94 valence electrons. The van der Waals surface area contributed by atoms with Crippen molar-refractivity contribution in [1.82, 2.24) is 5.32 Å². The van der Waals surface area contributed by atoms with Gasteiger partial charge in [-0.25, -0.2) is 4.39 Å². The van der Waals surface area contributed by atoms with Gasteiger partial charge in [-0.2, -0.15) is 0 Å². The number of halogens is 2. The van der Waals surface area contributed by atoms with Gasteiger partial charge >= 0.3 is 0 Å². The highest BCUT2D eigenvalue weighted by atomic mass is 79.9. The fraction of sp³-hybridized carbons (Fsp3) is 0.500. The Labute approximate surface area is 108 Å². The molecule has 1 aromatic carbocycles. The van der Waals surface area contributed by atoms with Crippen LogP contribution in [-0.2, 0) is 0 Å². The maximum atomic E-state index is 13.9. The topological polar surface area (TPSA) is 41.5 Å². The number of phenolic OH excluding ortho intramolecular Hbond substituents is 1. The van der Waals surface area contributed by atoms with E-state index in [2.05, 4.69) is 21.2 Å². The monoisotopic (exact) mass is 303 g/mol. The van der Waals surface area contributed by atoms with Crippen LogP contribution in [0.1, 0.15) is 30.9 Å². The van der Waals surface area contributed by atoms with Gasteiger partial charge in [0.1, 0.15) is 5.82 Å². The van der Waals surface area contributed by atoms with Gasteiger partial charge in [-0.3, -0.25) is 0 Å². The summed E-state index contributed by atoms with van der Waals surface area (Å²) in [6.07, 6.45) is 2.96. The highest BCUT2D eigenvalue weighted by Crippen LogP contribution is 2.42. The van der Waals surface area contributed by atoms with Crippen molar-refractivity contribution < 1.29 is 14.2 Å². The maximum absolute atomic E-state index is 13.9. The van der Waals surface area contributed by atoms with E-state index in [1.165, 1.54) is 13.2 Å². The normalized spacial score (nSPS) is 20.3. The molecule has 0 aromatic heterocycles. The van der Waals surface area contributed by atoms with Crippen molar-refractivity contribution in [3.05, 3.63) is 21.9 Å². The van der Waals surface area contributed by atoms with Crippen LogP contribution in [0.25, 0.3) is 0 Å². The number of piperidine rings is 1. The Bertz CT molecular complexity index is 419. The molecular weight excluding hydrogens is 289 g/mol. The molecule has 1 unspecified atom stereocenters. The summed E-state index contributed by atoms with van der Waals surface area (Å²) < 4.78 is 19.4. The van der Waals surface area contributed by atoms with Crippen LogP contribution in [0.5, 0.6) is 11.5 Å². The fourth-order valence-electron chi connectivity index (χ4n) is 2.23. The van der Waals surface area contributed by atoms with Crippen LogP contribution in [0, 0.1) is 5.82 Å². The van der Waals surface area contributed by atoms with E-state index in [1.54, 1.807) is 0 Å². The average Bonchev–Trinajstić information content (AvgIpc) is 2.30. The molecule has 2 rings (SSSR count). The lowest BCUT2D eigenvalue weighted by Gasteiger charge is -2.25. The summed E-state index contributed by atoms with van der Waals surface area (Å²) in [6, 6.07) is 1.20. The third-order valence-electron chi connectivity index (χ3n) is 3.06. The Hall–Kier alpha value is -0.810. The highest BCUT2D eigenvalue weighted by molar-refractivity contribution is 9.10. The summed E-state index contributed by atoms with van der Waals surface area (Å²) in [5.41, 5.74) is 0.310. The Kier molecular flexibility index (Phi) is 3.89. The van der Waals surface area contributed by atoms with Gasteiger partial charge in [0.15, 0.2) is 11.5 Å². The first-order chi connectivity index (χ1) is 8.15. The molecule has 0 radical (unpaired) electrons. The zero-order chi connectivity index (χ0) is 12.4. The third-order valence-corrected chi connectivity index (χ3v) is 3.65. The molecule has 1 aliphatic rings. The van der Waals surface area contributed by atoms with E-state index in [-0.39, 0.29) is 17.5 Å². The molecule has 1 fully saturated rings. The fourth-order valence-corrected chi connectivity index (χ4v) is 2.78. The summed E-state index contributed by atoms with van der Waals surface area (Å²) in [7, 11) is 1.45. The van der Waals surface area contributed by atoms with E-state index in [4.69, 9.17) is 4.74 Å². The molecular formula is C12H15BrFNO2. The van der Waals surface area contributed by atoms with Crippen molar-refractivity contribution in [1.29, 1.82) is 0 Å². The van der Waals surface area contributed by atoms with E-state index in [0.29, 0.717) is 10.0 Å². The van der Waals surface area contributed by atoms with Crippen LogP contribution in [0.4, 0.5) is 4.39 Å². The molecule has 0 bridgehead atoms. The van der Waals surface area contributed by atoms with Crippen molar-refractivity contribution in [2.24, 2.45) is 0 Å². The van der Waals surface area contributed by atoms with Crippen LogP contribution >= 0.6 is 15.9 Å². The number of ether oxygens (including phenoxy) is 1. The second-order valence-electron chi connectivity index (χ2n) is 4.14. The summed E-state index contributed by atoms with van der Waals surface area (Å²) in [5, 5.41) is 13.3. The largest absolute Gasteiger partial charge is 0.504 e. The predicted molar refractivity (Wildman–Crippen MR) is 66.9 cm³/mol. The number of aromatic hydroxyl groups is 1. The van der Waals surface area contributed by atoms with Crippen LogP contribution in [0.2, 0.25) is 0 Å². The number of hydrogen-bond acceptors (Lipinski definition) is 3. The molecule has 0 aliphatic carbocycles. The number of phenols is 1. The second-order valence-corrected chi connectivity index (χ2v) is 4.99. The van der Waals surface area contributed by atoms with Crippen molar-refractivity contribution in [2.45, 2.75) is 25.3 Å². The third kappa shape index (κ3) is 2.40. The minimum atomic E-state index is -0.408. The molecule has 0 spiro atoms. The van der Waals surface area contributed by atoms with Gasteiger partial charge < -0.3 is 15.2 Å². The molecule has 0 saturated carbocycles. The Morgan fingerprint density at radius 1 is 1.53 bits per heavy atom. The Morgan fingerprint density at radius 2 is 2.29 bits per heavy atom. The van der Waals surface area contributed by atoms with Gasteiger partial charge in [-0.1, -0.05) is 6.42 Å². The first kappa shape index (κ1) is 12.6. The number of benzene rings is 1. The first-order valence-corrected chi connectivity index (χ1v) is 6.42. The van der Waals surface area contributed by atoms with Crippen LogP contribution in [0.3, 0.4) is 0 Å². The lowest BCUT2D eigenvalue weighted by Crippen LogP contribution is -2.27. The Morgan fingerprint density at radius 3 is 2.88 bits per heavy atom. The van der Waals surface area contributed by atoms with E-state index in [0.717, 1.165) is 25.8 Å². The molecule has 2 N–H and O–H groups in total. The van der Waals surface area contributed by atoms with E-state index >= 15 is 0 Å². The maximum Gasteiger partial charge on any atom is 0.175 e. The molecule has 3 nitrogen and oxygen atoms in total. The van der Waals surface area contributed by atoms with Gasteiger partial charge in [0, 0.05) is 6.04 Å². The molecule has 1 atom stereocenters. The molecule has 1 heterocycles. The summed E-state index contributed by atoms with van der Waals surface area (Å²) >= 11 is 3.17. The van der Waals surface area contributed by atoms with Gasteiger partial charge in [0.2, 0.25) is 0 Å². The van der Waals surface area contributed by atoms with E-state index < -0.39 is 5.82 Å². The summed E-state index contributed by atoms with van der Waals surface area (Å²) in [4.78, 5) is 0. The predicted octanol–water partition coefficient (Wildman–Crippen LogP) is 3.12. The zero-order valence-electron chi connectivity index (χ0n) is 9.59. The lowest BCUT2D eigenvalue weighted by atomic mass is 9.96. The second kappa shape index (κ2) is 5.23. The molecule has 0 amide bonds. The molecule has 1 aliphatic heterocycles. The summed E-state index contributed by atoms with van der Waals surface area (Å²) in [6.45, 7) is 0.849. The SMILES string of the molecule is COc1c(Br)cc(F)c(C2CCCCN2)c1O. The summed E-state index contributed by atoms with van der Waals surface area (Å²) in [5.74, 6) is -0.234. The van der Waals surface area contributed by atoms with Crippen LogP contribution in [-0.4, -0.2) is 18.8 Å². The first-order valence-electron chi connectivity index (χ1n) is 5.63. The van der Waals surface area contributed by atoms with Crippen LogP contribution < -0.4 is 10.1 Å². The van der Waals surface area contributed by atoms with E-state index in [1.807, 2.05) is 0 Å². The van der Waals surface area contributed by atoms with Gasteiger partial charge in [-0.15, -0.1) is 0 Å². The van der Waals surface area contributed by atoms with Crippen molar-refractivity contribution in [3.8, 4) is 11.5 Å². The van der Waals surface area contributed by atoms with E-state index in [9.17, 15) is 9.50 Å². The van der Waals surface area contributed by atoms with Crippen molar-refractivity contribution >= 4 is 15.9 Å². The smallest absolute Gasteiger partial charge is 0.175 e. The molecule has 5 heteroatoms. The standard InChI is InChI=1S/C12H15BrFNO2/c1-17-12-7(13)6-8(14)10(11(12)16)9-4-2-3-5-15-9/h6,9,15-16H,2-5H2,1H3. The molecule has 1 aromatic rings. The average molecular weight is 304 g/mol. The number of methoxy groups -OCH3 is 1. The van der Waals surface area contributed by atoms with Gasteiger partial charge in [0.25, 0.3) is 0 Å².